The van der Waals surface area contributed by atoms with E-state index in [9.17, 15) is 4.39 Å². The summed E-state index contributed by atoms with van der Waals surface area (Å²) in [5, 5.41) is 6.66. The maximum Gasteiger partial charge on any atom is 0.191 e. The number of benzene rings is 1. The van der Waals surface area contributed by atoms with Crippen LogP contribution >= 0.6 is 0 Å². The molecule has 1 saturated heterocycles. The number of nitrogens with one attached hydrogen (secondary N) is 2. The molecule has 1 aliphatic heterocycles. The number of ether oxygens (including phenoxy) is 1. The normalized spacial score (nSPS) is 20.7. The Bertz CT molecular complexity index is 520. The van der Waals surface area contributed by atoms with Crippen molar-refractivity contribution in [1.29, 1.82) is 0 Å². The summed E-state index contributed by atoms with van der Waals surface area (Å²) in [6.45, 7) is 11.2. The number of aliphatic imine (C=N–C) groups is 1. The predicted octanol–water partition coefficient (Wildman–Crippen LogP) is 1.99. The molecule has 5 nitrogen and oxygen atoms in total. The van der Waals surface area contributed by atoms with Gasteiger partial charge in [0.05, 0.1) is 19.8 Å². The van der Waals surface area contributed by atoms with E-state index in [-0.39, 0.29) is 5.82 Å². The van der Waals surface area contributed by atoms with E-state index in [1.54, 1.807) is 12.1 Å². The maximum atomic E-state index is 13.0. The topological polar surface area (TPSA) is 48.9 Å². The molecule has 0 spiro atoms. The first kappa shape index (κ1) is 18.7. The molecule has 6 heteroatoms. The van der Waals surface area contributed by atoms with E-state index in [4.69, 9.17) is 4.74 Å². The van der Waals surface area contributed by atoms with Crippen molar-refractivity contribution in [2.24, 2.45) is 4.99 Å². The van der Waals surface area contributed by atoms with Gasteiger partial charge in [0.2, 0.25) is 0 Å². The highest BCUT2D eigenvalue weighted by atomic mass is 19.1. The van der Waals surface area contributed by atoms with Crippen LogP contribution in [0.5, 0.6) is 0 Å². The van der Waals surface area contributed by atoms with Crippen LogP contribution in [0.2, 0.25) is 0 Å². The summed E-state index contributed by atoms with van der Waals surface area (Å²) in [5.74, 6) is 0.566. The monoisotopic (exact) mass is 336 g/mol. The lowest BCUT2D eigenvalue weighted by Crippen LogP contribution is -2.53. The average molecular weight is 336 g/mol. The number of hydrogen-bond donors (Lipinski definition) is 2. The van der Waals surface area contributed by atoms with Crippen LogP contribution < -0.4 is 10.6 Å². The highest BCUT2D eigenvalue weighted by Gasteiger charge is 2.23. The summed E-state index contributed by atoms with van der Waals surface area (Å²) in [7, 11) is 0. The predicted molar refractivity (Wildman–Crippen MR) is 95.7 cm³/mol. The lowest BCUT2D eigenvalue weighted by atomic mass is 10.2. The minimum Gasteiger partial charge on any atom is -0.379 e. The van der Waals surface area contributed by atoms with Gasteiger partial charge in [-0.2, -0.15) is 0 Å². The molecule has 2 rings (SSSR count). The van der Waals surface area contributed by atoms with Crippen LogP contribution in [-0.4, -0.2) is 55.8 Å². The fourth-order valence-corrected chi connectivity index (χ4v) is 2.86. The highest BCUT2D eigenvalue weighted by molar-refractivity contribution is 5.79. The molecule has 0 aliphatic carbocycles. The van der Waals surface area contributed by atoms with Crippen LogP contribution in [0.15, 0.2) is 29.3 Å². The van der Waals surface area contributed by atoms with E-state index in [0.29, 0.717) is 18.6 Å². The Kier molecular flexibility index (Phi) is 7.46. The minimum absolute atomic E-state index is 0.221. The largest absolute Gasteiger partial charge is 0.379 e. The van der Waals surface area contributed by atoms with Crippen molar-refractivity contribution >= 4 is 5.96 Å². The van der Waals surface area contributed by atoms with Crippen LogP contribution in [-0.2, 0) is 11.3 Å². The zero-order valence-electron chi connectivity index (χ0n) is 14.9. The van der Waals surface area contributed by atoms with Crippen LogP contribution in [0.4, 0.5) is 4.39 Å². The zero-order valence-corrected chi connectivity index (χ0v) is 14.9. The van der Waals surface area contributed by atoms with Crippen molar-refractivity contribution in [2.75, 3.05) is 32.8 Å². The molecule has 0 radical (unpaired) electrons. The molecule has 1 heterocycles. The van der Waals surface area contributed by atoms with Crippen LogP contribution in [0.1, 0.15) is 26.3 Å². The van der Waals surface area contributed by atoms with Gasteiger partial charge in [-0.25, -0.2) is 9.38 Å². The lowest BCUT2D eigenvalue weighted by molar-refractivity contribution is -0.0174. The molecule has 0 amide bonds. The van der Waals surface area contributed by atoms with E-state index in [0.717, 1.165) is 44.4 Å². The van der Waals surface area contributed by atoms with Crippen molar-refractivity contribution in [3.63, 3.8) is 0 Å². The molecule has 2 N–H and O–H groups in total. The molecule has 2 unspecified atom stereocenters. The summed E-state index contributed by atoms with van der Waals surface area (Å²) < 4.78 is 18.4. The highest BCUT2D eigenvalue weighted by Crippen LogP contribution is 2.10. The molecule has 1 aromatic carbocycles. The zero-order chi connectivity index (χ0) is 17.4. The number of rotatable bonds is 6. The van der Waals surface area contributed by atoms with Crippen molar-refractivity contribution in [3.8, 4) is 0 Å². The van der Waals surface area contributed by atoms with Crippen LogP contribution in [0.25, 0.3) is 0 Å². The van der Waals surface area contributed by atoms with Gasteiger partial charge in [-0.05, 0) is 38.5 Å². The SMILES string of the molecule is CCNC(=NCc1ccc(F)cc1)NCC(C)N1CCOCC1C. The Morgan fingerprint density at radius 2 is 2.12 bits per heavy atom. The van der Waals surface area contributed by atoms with Crippen LogP contribution in [0, 0.1) is 5.82 Å². The van der Waals surface area contributed by atoms with E-state index in [1.165, 1.54) is 12.1 Å². The van der Waals surface area contributed by atoms with Gasteiger partial charge in [-0.15, -0.1) is 0 Å². The first-order valence-electron chi connectivity index (χ1n) is 8.70. The van der Waals surface area contributed by atoms with E-state index in [1.807, 2.05) is 6.92 Å². The Balaban J connectivity index is 1.87. The second kappa shape index (κ2) is 9.59. The second-order valence-corrected chi connectivity index (χ2v) is 6.21. The Labute approximate surface area is 144 Å². The molecular weight excluding hydrogens is 307 g/mol. The van der Waals surface area contributed by atoms with Gasteiger partial charge in [0.25, 0.3) is 0 Å². The molecule has 0 aromatic heterocycles. The third kappa shape index (κ3) is 5.76. The Hall–Kier alpha value is -1.66. The quantitative estimate of drug-likeness (QED) is 0.616. The Morgan fingerprint density at radius 1 is 1.38 bits per heavy atom. The van der Waals surface area contributed by atoms with Crippen molar-refractivity contribution in [3.05, 3.63) is 35.6 Å². The minimum atomic E-state index is -0.221. The van der Waals surface area contributed by atoms with E-state index in [2.05, 4.69) is 34.4 Å². The number of halogens is 1. The third-order valence-electron chi connectivity index (χ3n) is 4.23. The molecule has 134 valence electrons. The molecule has 2 atom stereocenters. The van der Waals surface area contributed by atoms with Gasteiger partial charge in [-0.1, -0.05) is 12.1 Å². The van der Waals surface area contributed by atoms with Gasteiger partial charge in [0, 0.05) is 31.7 Å². The van der Waals surface area contributed by atoms with Gasteiger partial charge in [0.15, 0.2) is 5.96 Å². The van der Waals surface area contributed by atoms with Crippen molar-refractivity contribution in [1.82, 2.24) is 15.5 Å². The van der Waals surface area contributed by atoms with Gasteiger partial charge in [0.1, 0.15) is 5.82 Å². The number of guanidine groups is 1. The van der Waals surface area contributed by atoms with E-state index >= 15 is 0 Å². The number of morpholine rings is 1. The van der Waals surface area contributed by atoms with Gasteiger partial charge < -0.3 is 15.4 Å². The third-order valence-corrected chi connectivity index (χ3v) is 4.23. The summed E-state index contributed by atoms with van der Waals surface area (Å²) in [4.78, 5) is 7.04. The Morgan fingerprint density at radius 3 is 2.79 bits per heavy atom. The summed E-state index contributed by atoms with van der Waals surface area (Å²) in [6.07, 6.45) is 0. The fraction of sp³-hybridized carbons (Fsp3) is 0.611. The van der Waals surface area contributed by atoms with Crippen molar-refractivity contribution < 1.29 is 9.13 Å². The lowest BCUT2D eigenvalue weighted by Gasteiger charge is -2.38. The smallest absolute Gasteiger partial charge is 0.191 e. The molecule has 1 aromatic rings. The molecular formula is C18H29FN4O. The first-order valence-corrected chi connectivity index (χ1v) is 8.70. The van der Waals surface area contributed by atoms with Gasteiger partial charge in [-0.3, -0.25) is 4.90 Å². The molecule has 1 fully saturated rings. The molecule has 24 heavy (non-hydrogen) atoms. The fourth-order valence-electron chi connectivity index (χ4n) is 2.86. The summed E-state index contributed by atoms with van der Waals surface area (Å²) >= 11 is 0. The summed E-state index contributed by atoms with van der Waals surface area (Å²) in [5.41, 5.74) is 0.989. The molecule has 0 saturated carbocycles. The van der Waals surface area contributed by atoms with Crippen molar-refractivity contribution in [2.45, 2.75) is 39.4 Å². The second-order valence-electron chi connectivity index (χ2n) is 6.21. The standard InChI is InChI=1S/C18H29FN4O/c1-4-20-18(22-12-16-5-7-17(19)8-6-16)21-11-14(2)23-9-10-24-13-15(23)3/h5-8,14-15H,4,9-13H2,1-3H3,(H2,20,21,22). The molecule has 1 aliphatic rings. The molecule has 0 bridgehead atoms. The number of nitrogens with zero attached hydrogens (tertiary/aromatic N) is 2. The van der Waals surface area contributed by atoms with Gasteiger partial charge >= 0.3 is 0 Å². The van der Waals surface area contributed by atoms with E-state index < -0.39 is 0 Å². The summed E-state index contributed by atoms with van der Waals surface area (Å²) in [6, 6.07) is 7.30. The number of hydrogen-bond acceptors (Lipinski definition) is 3. The first-order chi connectivity index (χ1) is 11.6. The van der Waals surface area contributed by atoms with Crippen LogP contribution in [0.3, 0.4) is 0 Å². The average Bonchev–Trinajstić information content (AvgIpc) is 2.59. The maximum absolute atomic E-state index is 13.0.